The molecule has 23 heavy (non-hydrogen) atoms. The highest BCUT2D eigenvalue weighted by molar-refractivity contribution is 9.11. The predicted molar refractivity (Wildman–Crippen MR) is 90.3 cm³/mol. The van der Waals surface area contributed by atoms with Gasteiger partial charge < -0.3 is 10.0 Å². The monoisotopic (exact) mass is 422 g/mol. The summed E-state index contributed by atoms with van der Waals surface area (Å²) in [5.41, 5.74) is 0. The highest BCUT2D eigenvalue weighted by atomic mass is 79.9. The van der Waals surface area contributed by atoms with E-state index in [1.807, 2.05) is 0 Å². The zero-order valence-electron chi connectivity index (χ0n) is 11.9. The summed E-state index contributed by atoms with van der Waals surface area (Å²) in [4.78, 5) is 24.7. The van der Waals surface area contributed by atoms with E-state index < -0.39 is 34.5 Å². The van der Waals surface area contributed by atoms with Gasteiger partial charge in [-0.05, 0) is 47.0 Å². The molecule has 1 atom stereocenters. The van der Waals surface area contributed by atoms with Gasteiger partial charge in [0.05, 0.1) is 3.79 Å². The van der Waals surface area contributed by atoms with Crippen molar-refractivity contribution in [3.05, 3.63) is 26.2 Å². The second kappa shape index (κ2) is 7.56. The van der Waals surface area contributed by atoms with Crippen molar-refractivity contribution in [2.24, 2.45) is 0 Å². The van der Waals surface area contributed by atoms with Crippen molar-refractivity contribution in [2.75, 3.05) is 13.1 Å². The number of rotatable bonds is 6. The van der Waals surface area contributed by atoms with E-state index in [0.717, 1.165) is 19.0 Å². The summed E-state index contributed by atoms with van der Waals surface area (Å²) in [5, 5.41) is 9.78. The molecule has 1 aliphatic heterocycles. The quantitative estimate of drug-likeness (QED) is 0.722. The highest BCUT2D eigenvalue weighted by Crippen LogP contribution is 2.23. The van der Waals surface area contributed by atoms with Crippen LogP contribution in [0, 0.1) is 0 Å². The number of halogens is 1. The summed E-state index contributed by atoms with van der Waals surface area (Å²) in [6, 6.07) is 2.65. The van der Waals surface area contributed by atoms with Crippen molar-refractivity contribution in [1.29, 1.82) is 0 Å². The molecule has 0 aromatic carbocycles. The van der Waals surface area contributed by atoms with Gasteiger partial charge in [0.2, 0.25) is 15.9 Å². The lowest BCUT2D eigenvalue weighted by Crippen LogP contribution is -2.53. The Balaban J connectivity index is 2.02. The molecule has 0 radical (unpaired) electrons. The molecule has 2 N–H and O–H groups in total. The van der Waals surface area contributed by atoms with Crippen LogP contribution in [0.15, 0.2) is 21.3 Å². The number of nitrogens with zero attached hydrogens (tertiary/aromatic N) is 1. The smallest absolute Gasteiger partial charge is 0.323 e. The van der Waals surface area contributed by atoms with Crippen molar-refractivity contribution in [2.45, 2.75) is 18.9 Å². The highest BCUT2D eigenvalue weighted by Gasteiger charge is 2.32. The maximum atomic E-state index is 12.1. The maximum absolute atomic E-state index is 12.1. The number of carbonyl (C=O) groups excluding carboxylic acids is 1. The van der Waals surface area contributed by atoms with Crippen LogP contribution in [0.1, 0.15) is 17.7 Å². The number of nitrogens with one attached hydrogen (secondary N) is 1. The van der Waals surface area contributed by atoms with E-state index in [2.05, 4.69) is 20.7 Å². The Morgan fingerprint density at radius 3 is 2.87 bits per heavy atom. The molecule has 2 rings (SSSR count). The van der Waals surface area contributed by atoms with Crippen LogP contribution in [0.3, 0.4) is 0 Å². The number of likely N-dealkylation sites (tertiary alicyclic amines) is 1. The number of carboxylic acids is 1. The first kappa shape index (κ1) is 18.1. The zero-order chi connectivity index (χ0) is 17.0. The fourth-order valence-electron chi connectivity index (χ4n) is 2.18. The molecule has 2 heterocycles. The van der Waals surface area contributed by atoms with E-state index in [1.165, 1.54) is 17.4 Å². The molecule has 0 saturated carbocycles. The molecule has 1 aromatic rings. The lowest BCUT2D eigenvalue weighted by atomic mass is 10.1. The second-order valence-corrected chi connectivity index (χ2v) is 9.05. The number of hydrogen-bond acceptors (Lipinski definition) is 5. The molecule has 1 unspecified atom stereocenters. The average molecular weight is 423 g/mol. The molecule has 1 fully saturated rings. The Hall–Kier alpha value is -1.23. The number of thiophene rings is 1. The van der Waals surface area contributed by atoms with Gasteiger partial charge in [-0.2, -0.15) is 4.72 Å². The van der Waals surface area contributed by atoms with Crippen molar-refractivity contribution < 1.29 is 23.1 Å². The van der Waals surface area contributed by atoms with Gasteiger partial charge in [0.15, 0.2) is 0 Å². The summed E-state index contributed by atoms with van der Waals surface area (Å²) < 4.78 is 27.3. The van der Waals surface area contributed by atoms with Gasteiger partial charge in [-0.15, -0.1) is 11.3 Å². The standard InChI is InChI=1S/C13H15BrN2O5S2/c14-11-4-3-9(22-11)5-7-23(20,21)15-10-2-1-6-16(13(10)19)8-12(17)18/h3-5,7,10,15H,1-2,6,8H2,(H,17,18)/b7-5+. The van der Waals surface area contributed by atoms with Gasteiger partial charge in [-0.3, -0.25) is 9.59 Å². The first-order valence-electron chi connectivity index (χ1n) is 6.73. The first-order valence-corrected chi connectivity index (χ1v) is 9.89. The Bertz CT molecular complexity index is 728. The van der Waals surface area contributed by atoms with Gasteiger partial charge in [0, 0.05) is 16.8 Å². The Kier molecular flexibility index (Phi) is 5.95. The Morgan fingerprint density at radius 1 is 1.52 bits per heavy atom. The summed E-state index contributed by atoms with van der Waals surface area (Å²) in [6.45, 7) is -0.0987. The zero-order valence-corrected chi connectivity index (χ0v) is 15.2. The van der Waals surface area contributed by atoms with Crippen molar-refractivity contribution >= 4 is 55.2 Å². The van der Waals surface area contributed by atoms with Gasteiger partial charge >= 0.3 is 5.97 Å². The van der Waals surface area contributed by atoms with Gasteiger partial charge in [-0.1, -0.05) is 0 Å². The molecule has 7 nitrogen and oxygen atoms in total. The third-order valence-electron chi connectivity index (χ3n) is 3.17. The number of piperidine rings is 1. The maximum Gasteiger partial charge on any atom is 0.323 e. The number of carboxylic acid groups (broad SMARTS) is 1. The van der Waals surface area contributed by atoms with Crippen LogP contribution in [0.25, 0.3) is 6.08 Å². The van der Waals surface area contributed by atoms with Gasteiger partial charge in [0.25, 0.3) is 0 Å². The van der Waals surface area contributed by atoms with Crippen LogP contribution in [-0.2, 0) is 19.6 Å². The molecule has 0 spiro atoms. The molecule has 126 valence electrons. The van der Waals surface area contributed by atoms with Crippen molar-refractivity contribution in [3.8, 4) is 0 Å². The van der Waals surface area contributed by atoms with Crippen LogP contribution in [0.5, 0.6) is 0 Å². The van der Waals surface area contributed by atoms with E-state index in [1.54, 1.807) is 12.1 Å². The largest absolute Gasteiger partial charge is 0.480 e. The molecule has 0 bridgehead atoms. The number of carbonyl (C=O) groups is 2. The molecular weight excluding hydrogens is 408 g/mol. The number of hydrogen-bond donors (Lipinski definition) is 2. The number of amides is 1. The molecule has 1 aliphatic rings. The van der Waals surface area contributed by atoms with Gasteiger partial charge in [0.1, 0.15) is 12.6 Å². The minimum absolute atomic E-state index is 0.322. The molecule has 1 aromatic heterocycles. The molecular formula is C13H15BrN2O5S2. The van der Waals surface area contributed by atoms with Crippen LogP contribution >= 0.6 is 27.3 Å². The fraction of sp³-hybridized carbons (Fsp3) is 0.385. The summed E-state index contributed by atoms with van der Waals surface area (Å²) >= 11 is 4.67. The Morgan fingerprint density at radius 2 is 2.26 bits per heavy atom. The molecule has 10 heteroatoms. The second-order valence-electron chi connectivity index (χ2n) is 4.96. The average Bonchev–Trinajstić information content (AvgIpc) is 2.86. The van der Waals surface area contributed by atoms with Crippen molar-refractivity contribution in [3.63, 3.8) is 0 Å². The normalized spacial score (nSPS) is 19.4. The van der Waals surface area contributed by atoms with E-state index in [9.17, 15) is 18.0 Å². The third-order valence-corrected chi connectivity index (χ3v) is 5.87. The Labute approximate surface area is 146 Å². The van der Waals surface area contributed by atoms with E-state index >= 15 is 0 Å². The number of aliphatic carboxylic acids is 1. The molecule has 1 amide bonds. The minimum atomic E-state index is -3.79. The fourth-order valence-corrected chi connectivity index (χ4v) is 4.61. The SMILES string of the molecule is O=C(O)CN1CCCC(NS(=O)(=O)/C=C/c2ccc(Br)s2)C1=O. The summed E-state index contributed by atoms with van der Waals surface area (Å²) in [6.07, 6.45) is 2.35. The van der Waals surface area contributed by atoms with Crippen LogP contribution in [0.2, 0.25) is 0 Å². The third kappa shape index (κ3) is 5.41. The van der Waals surface area contributed by atoms with Crippen LogP contribution < -0.4 is 4.72 Å². The summed E-state index contributed by atoms with van der Waals surface area (Å²) in [5.74, 6) is -1.63. The summed E-state index contributed by atoms with van der Waals surface area (Å²) in [7, 11) is -3.79. The molecule has 0 aliphatic carbocycles. The van der Waals surface area contributed by atoms with Crippen molar-refractivity contribution in [1.82, 2.24) is 9.62 Å². The predicted octanol–water partition coefficient (Wildman–Crippen LogP) is 1.48. The lowest BCUT2D eigenvalue weighted by molar-refractivity contribution is -0.146. The number of sulfonamides is 1. The van der Waals surface area contributed by atoms with E-state index in [4.69, 9.17) is 5.11 Å². The van der Waals surface area contributed by atoms with Crippen LogP contribution in [-0.4, -0.2) is 49.4 Å². The first-order chi connectivity index (χ1) is 10.8. The topological polar surface area (TPSA) is 104 Å². The molecule has 1 saturated heterocycles. The van der Waals surface area contributed by atoms with E-state index in [0.29, 0.717) is 19.4 Å². The van der Waals surface area contributed by atoms with Gasteiger partial charge in [-0.25, -0.2) is 8.42 Å². The lowest BCUT2D eigenvalue weighted by Gasteiger charge is -2.31. The van der Waals surface area contributed by atoms with E-state index in [-0.39, 0.29) is 0 Å². The minimum Gasteiger partial charge on any atom is -0.480 e. The van der Waals surface area contributed by atoms with Crippen LogP contribution in [0.4, 0.5) is 0 Å².